The van der Waals surface area contributed by atoms with Gasteiger partial charge in [-0.3, -0.25) is 4.99 Å². The highest BCUT2D eigenvalue weighted by Gasteiger charge is 2.23. The van der Waals surface area contributed by atoms with E-state index in [9.17, 15) is 8.78 Å². The van der Waals surface area contributed by atoms with Gasteiger partial charge in [0.1, 0.15) is 5.75 Å². The third-order valence-electron chi connectivity index (χ3n) is 4.93. The van der Waals surface area contributed by atoms with Crippen LogP contribution in [0.15, 0.2) is 47.5 Å². The molecule has 1 aliphatic heterocycles. The van der Waals surface area contributed by atoms with Gasteiger partial charge in [0.2, 0.25) is 0 Å². The smallest absolute Gasteiger partial charge is 0.191 e. The van der Waals surface area contributed by atoms with E-state index in [1.165, 1.54) is 12.1 Å². The van der Waals surface area contributed by atoms with E-state index in [1.54, 1.807) is 20.2 Å². The number of nitrogens with zero attached hydrogens (tertiary/aromatic N) is 2. The maximum atomic E-state index is 13.5. The zero-order valence-electron chi connectivity index (χ0n) is 16.2. The molecular weight excluding hydrogens is 362 g/mol. The zero-order chi connectivity index (χ0) is 19.9. The van der Waals surface area contributed by atoms with Crippen LogP contribution in [0, 0.1) is 17.6 Å². The molecule has 0 saturated carbocycles. The summed E-state index contributed by atoms with van der Waals surface area (Å²) in [4.78, 5) is 6.35. The number of benzene rings is 2. The number of halogens is 2. The summed E-state index contributed by atoms with van der Waals surface area (Å²) in [6.45, 7) is 3.03. The van der Waals surface area contributed by atoms with Gasteiger partial charge in [-0.25, -0.2) is 8.78 Å². The number of rotatable bonds is 6. The Kier molecular flexibility index (Phi) is 6.68. The van der Waals surface area contributed by atoms with E-state index in [-0.39, 0.29) is 0 Å². The topological polar surface area (TPSA) is 48.9 Å². The minimum Gasteiger partial charge on any atom is -0.497 e. The Morgan fingerprint density at radius 2 is 2.04 bits per heavy atom. The second-order valence-electron chi connectivity index (χ2n) is 6.86. The van der Waals surface area contributed by atoms with Crippen molar-refractivity contribution >= 4 is 11.6 Å². The number of hydrogen-bond acceptors (Lipinski definition) is 3. The normalized spacial score (nSPS) is 16.9. The fraction of sp³-hybridized carbons (Fsp3) is 0.381. The number of anilines is 1. The highest BCUT2D eigenvalue weighted by Crippen LogP contribution is 2.25. The number of nitrogens with one attached hydrogen (secondary N) is 2. The summed E-state index contributed by atoms with van der Waals surface area (Å²) in [5.41, 5.74) is 1.83. The molecule has 150 valence electrons. The molecule has 0 aliphatic carbocycles. The molecule has 0 radical (unpaired) electrons. The molecule has 0 spiro atoms. The van der Waals surface area contributed by atoms with Crippen LogP contribution in [0.4, 0.5) is 14.5 Å². The lowest BCUT2D eigenvalue weighted by atomic mass is 10.1. The summed E-state index contributed by atoms with van der Waals surface area (Å²) >= 11 is 0. The van der Waals surface area contributed by atoms with Gasteiger partial charge < -0.3 is 20.3 Å². The van der Waals surface area contributed by atoms with Crippen molar-refractivity contribution in [3.05, 3.63) is 59.7 Å². The molecule has 2 N–H and O–H groups in total. The van der Waals surface area contributed by atoms with Crippen LogP contribution >= 0.6 is 0 Å². The molecule has 7 heteroatoms. The standard InChI is InChI=1S/C21H26F2N4O/c1-24-21(25-12-15-4-3-5-18(10-15)28-2)26-13-16-8-9-27(14-16)17-6-7-19(22)20(23)11-17/h3-7,10-11,16H,8-9,12-14H2,1-2H3,(H2,24,25,26). The van der Waals surface area contributed by atoms with E-state index < -0.39 is 11.6 Å². The van der Waals surface area contributed by atoms with Gasteiger partial charge in [0.15, 0.2) is 17.6 Å². The Morgan fingerprint density at radius 1 is 1.18 bits per heavy atom. The second kappa shape index (κ2) is 9.39. The van der Waals surface area contributed by atoms with Gasteiger partial charge in [0.25, 0.3) is 0 Å². The molecule has 0 amide bonds. The predicted octanol–water partition coefficient (Wildman–Crippen LogP) is 3.16. The molecule has 5 nitrogen and oxygen atoms in total. The van der Waals surface area contributed by atoms with Gasteiger partial charge in [-0.2, -0.15) is 0 Å². The lowest BCUT2D eigenvalue weighted by Gasteiger charge is -2.19. The first-order valence-corrected chi connectivity index (χ1v) is 9.36. The first-order chi connectivity index (χ1) is 13.6. The molecule has 2 aromatic rings. The maximum absolute atomic E-state index is 13.5. The summed E-state index contributed by atoms with van der Waals surface area (Å²) in [6, 6.07) is 12.0. The lowest BCUT2D eigenvalue weighted by Crippen LogP contribution is -2.39. The lowest BCUT2D eigenvalue weighted by molar-refractivity contribution is 0.414. The number of methoxy groups -OCH3 is 1. The number of guanidine groups is 1. The first kappa shape index (κ1) is 19.9. The van der Waals surface area contributed by atoms with Crippen molar-refractivity contribution in [1.82, 2.24) is 10.6 Å². The molecule has 1 atom stereocenters. The van der Waals surface area contributed by atoms with Crippen LogP contribution in [0.3, 0.4) is 0 Å². The maximum Gasteiger partial charge on any atom is 0.191 e. The van der Waals surface area contributed by atoms with Crippen molar-refractivity contribution in [2.45, 2.75) is 13.0 Å². The third-order valence-corrected chi connectivity index (χ3v) is 4.93. The molecule has 1 heterocycles. The zero-order valence-corrected chi connectivity index (χ0v) is 16.2. The van der Waals surface area contributed by atoms with Gasteiger partial charge in [0.05, 0.1) is 7.11 Å². The Hall–Kier alpha value is -2.83. The Morgan fingerprint density at radius 3 is 2.79 bits per heavy atom. The molecule has 1 aliphatic rings. The quantitative estimate of drug-likeness (QED) is 0.590. The monoisotopic (exact) mass is 388 g/mol. The van der Waals surface area contributed by atoms with E-state index in [0.29, 0.717) is 12.5 Å². The van der Waals surface area contributed by atoms with Crippen molar-refractivity contribution in [1.29, 1.82) is 0 Å². The Bertz CT molecular complexity index is 828. The number of aliphatic imine (C=N–C) groups is 1. The Labute approximate surface area is 164 Å². The van der Waals surface area contributed by atoms with Crippen LogP contribution < -0.4 is 20.3 Å². The molecule has 28 heavy (non-hydrogen) atoms. The number of hydrogen-bond donors (Lipinski definition) is 2. The average molecular weight is 388 g/mol. The molecule has 3 rings (SSSR count). The van der Waals surface area contributed by atoms with Gasteiger partial charge >= 0.3 is 0 Å². The van der Waals surface area contributed by atoms with Gasteiger partial charge in [-0.1, -0.05) is 12.1 Å². The van der Waals surface area contributed by atoms with Crippen LogP contribution in [0.5, 0.6) is 5.75 Å². The molecule has 2 aromatic carbocycles. The third kappa shape index (κ3) is 5.12. The summed E-state index contributed by atoms with van der Waals surface area (Å²) in [7, 11) is 3.39. The SMILES string of the molecule is CN=C(NCc1cccc(OC)c1)NCC1CCN(c2ccc(F)c(F)c2)C1. The van der Waals surface area contributed by atoms with Crippen LogP contribution in [0.2, 0.25) is 0 Å². The van der Waals surface area contributed by atoms with Crippen molar-refractivity contribution < 1.29 is 13.5 Å². The predicted molar refractivity (Wildman–Crippen MR) is 108 cm³/mol. The van der Waals surface area contributed by atoms with Gasteiger partial charge in [0, 0.05) is 45.0 Å². The van der Waals surface area contributed by atoms with Crippen molar-refractivity contribution in [2.24, 2.45) is 10.9 Å². The molecule has 1 unspecified atom stereocenters. The van der Waals surface area contributed by atoms with Crippen LogP contribution in [-0.4, -0.2) is 39.8 Å². The summed E-state index contributed by atoms with van der Waals surface area (Å²) < 4.78 is 31.8. The fourth-order valence-electron chi connectivity index (χ4n) is 3.35. The second-order valence-corrected chi connectivity index (χ2v) is 6.86. The van der Waals surface area contributed by atoms with Crippen LogP contribution in [0.25, 0.3) is 0 Å². The van der Waals surface area contributed by atoms with Crippen molar-refractivity contribution in [3.8, 4) is 5.75 Å². The van der Waals surface area contributed by atoms with Crippen molar-refractivity contribution in [3.63, 3.8) is 0 Å². The molecule has 0 bridgehead atoms. The van der Waals surface area contributed by atoms with E-state index in [1.807, 2.05) is 24.3 Å². The molecule has 0 aromatic heterocycles. The molecular formula is C21H26F2N4O. The largest absolute Gasteiger partial charge is 0.497 e. The van der Waals surface area contributed by atoms with E-state index in [2.05, 4.69) is 20.5 Å². The van der Waals surface area contributed by atoms with E-state index in [4.69, 9.17) is 4.74 Å². The van der Waals surface area contributed by atoms with E-state index >= 15 is 0 Å². The average Bonchev–Trinajstić information content (AvgIpc) is 3.19. The highest BCUT2D eigenvalue weighted by molar-refractivity contribution is 5.79. The number of ether oxygens (including phenoxy) is 1. The molecule has 1 saturated heterocycles. The highest BCUT2D eigenvalue weighted by atomic mass is 19.2. The van der Waals surface area contributed by atoms with E-state index in [0.717, 1.165) is 49.0 Å². The fourth-order valence-corrected chi connectivity index (χ4v) is 3.35. The molecule has 1 fully saturated rings. The Balaban J connectivity index is 1.47. The van der Waals surface area contributed by atoms with Gasteiger partial charge in [-0.05, 0) is 42.2 Å². The van der Waals surface area contributed by atoms with Crippen LogP contribution in [-0.2, 0) is 6.54 Å². The van der Waals surface area contributed by atoms with Crippen molar-refractivity contribution in [2.75, 3.05) is 38.7 Å². The minimum atomic E-state index is -0.813. The summed E-state index contributed by atoms with van der Waals surface area (Å²) in [5, 5.41) is 6.65. The van der Waals surface area contributed by atoms with Crippen LogP contribution in [0.1, 0.15) is 12.0 Å². The summed E-state index contributed by atoms with van der Waals surface area (Å²) in [5.74, 6) is 0.344. The minimum absolute atomic E-state index is 0.406. The van der Waals surface area contributed by atoms with Gasteiger partial charge in [-0.15, -0.1) is 0 Å². The summed E-state index contributed by atoms with van der Waals surface area (Å²) in [6.07, 6.45) is 0.985. The first-order valence-electron chi connectivity index (χ1n) is 9.36.